The molecule has 1 aromatic carbocycles. The van der Waals surface area contributed by atoms with Gasteiger partial charge in [-0.3, -0.25) is 0 Å². The summed E-state index contributed by atoms with van der Waals surface area (Å²) >= 11 is 3.35. The number of rotatable bonds is 3. The second-order valence-corrected chi connectivity index (χ2v) is 4.73. The van der Waals surface area contributed by atoms with E-state index in [2.05, 4.69) is 40.1 Å². The van der Waals surface area contributed by atoms with Crippen LogP contribution in [-0.2, 0) is 6.54 Å². The SMILES string of the molecule is CC(Cn1ncc(Br)c1N)c1ccccc1. The Morgan fingerprint density at radius 2 is 2.06 bits per heavy atom. The van der Waals surface area contributed by atoms with Gasteiger partial charge in [0.15, 0.2) is 0 Å². The Bertz CT molecular complexity index is 464. The van der Waals surface area contributed by atoms with Gasteiger partial charge in [-0.2, -0.15) is 5.10 Å². The van der Waals surface area contributed by atoms with Crippen LogP contribution in [-0.4, -0.2) is 9.78 Å². The highest BCUT2D eigenvalue weighted by molar-refractivity contribution is 9.10. The second kappa shape index (κ2) is 4.70. The van der Waals surface area contributed by atoms with E-state index in [1.165, 1.54) is 5.56 Å². The van der Waals surface area contributed by atoms with E-state index in [1.807, 2.05) is 22.9 Å². The summed E-state index contributed by atoms with van der Waals surface area (Å²) < 4.78 is 2.68. The zero-order chi connectivity index (χ0) is 11.5. The van der Waals surface area contributed by atoms with Gasteiger partial charge in [-0.15, -0.1) is 0 Å². The summed E-state index contributed by atoms with van der Waals surface area (Å²) in [6.45, 7) is 2.96. The highest BCUT2D eigenvalue weighted by Crippen LogP contribution is 2.22. The minimum absolute atomic E-state index is 0.398. The Balaban J connectivity index is 2.14. The van der Waals surface area contributed by atoms with Gasteiger partial charge >= 0.3 is 0 Å². The molecule has 2 rings (SSSR count). The molecular weight excluding hydrogens is 266 g/mol. The molecule has 0 amide bonds. The van der Waals surface area contributed by atoms with Crippen LogP contribution in [0.15, 0.2) is 41.0 Å². The normalized spacial score (nSPS) is 12.6. The lowest BCUT2D eigenvalue weighted by Gasteiger charge is -2.12. The molecule has 0 aliphatic heterocycles. The minimum Gasteiger partial charge on any atom is -0.383 e. The third-order valence-electron chi connectivity index (χ3n) is 2.65. The number of aromatic nitrogens is 2. The number of nitrogens with zero attached hydrogens (tertiary/aromatic N) is 2. The van der Waals surface area contributed by atoms with Gasteiger partial charge < -0.3 is 5.73 Å². The van der Waals surface area contributed by atoms with Gasteiger partial charge in [-0.1, -0.05) is 37.3 Å². The predicted octanol–water partition coefficient (Wildman–Crippen LogP) is 3.03. The average Bonchev–Trinajstić information content (AvgIpc) is 2.62. The fourth-order valence-electron chi connectivity index (χ4n) is 1.66. The molecular formula is C12H14BrN3. The van der Waals surface area contributed by atoms with Crippen molar-refractivity contribution in [2.24, 2.45) is 0 Å². The molecule has 0 fully saturated rings. The monoisotopic (exact) mass is 279 g/mol. The molecule has 0 spiro atoms. The van der Waals surface area contributed by atoms with Gasteiger partial charge in [-0.05, 0) is 21.5 Å². The van der Waals surface area contributed by atoms with Gasteiger partial charge in [0, 0.05) is 12.5 Å². The quantitative estimate of drug-likeness (QED) is 0.939. The van der Waals surface area contributed by atoms with Crippen molar-refractivity contribution in [3.63, 3.8) is 0 Å². The summed E-state index contributed by atoms with van der Waals surface area (Å²) in [5.41, 5.74) is 7.18. The van der Waals surface area contributed by atoms with Crippen molar-refractivity contribution in [2.75, 3.05) is 5.73 Å². The molecule has 1 atom stereocenters. The summed E-state index contributed by atoms with van der Waals surface area (Å²) in [6.07, 6.45) is 1.73. The summed E-state index contributed by atoms with van der Waals surface area (Å²) in [7, 11) is 0. The van der Waals surface area contributed by atoms with Crippen molar-refractivity contribution >= 4 is 21.7 Å². The van der Waals surface area contributed by atoms with E-state index in [1.54, 1.807) is 6.20 Å². The Hall–Kier alpha value is -1.29. The molecule has 1 aromatic heterocycles. The lowest BCUT2D eigenvalue weighted by Crippen LogP contribution is -2.10. The van der Waals surface area contributed by atoms with E-state index in [4.69, 9.17) is 5.73 Å². The Labute approximate surface area is 103 Å². The van der Waals surface area contributed by atoms with Crippen molar-refractivity contribution in [1.29, 1.82) is 0 Å². The largest absolute Gasteiger partial charge is 0.383 e. The zero-order valence-corrected chi connectivity index (χ0v) is 10.7. The molecule has 0 aliphatic rings. The number of halogens is 1. The average molecular weight is 280 g/mol. The Morgan fingerprint density at radius 3 is 2.62 bits per heavy atom. The Morgan fingerprint density at radius 1 is 1.38 bits per heavy atom. The first-order valence-corrected chi connectivity index (χ1v) is 5.99. The third-order valence-corrected chi connectivity index (χ3v) is 3.26. The molecule has 84 valence electrons. The van der Waals surface area contributed by atoms with Crippen LogP contribution < -0.4 is 5.73 Å². The van der Waals surface area contributed by atoms with Crippen LogP contribution in [0.2, 0.25) is 0 Å². The molecule has 3 nitrogen and oxygen atoms in total. The topological polar surface area (TPSA) is 43.8 Å². The number of nitrogen functional groups attached to an aromatic ring is 1. The van der Waals surface area contributed by atoms with E-state index in [0.717, 1.165) is 11.0 Å². The number of hydrogen-bond donors (Lipinski definition) is 1. The summed E-state index contributed by atoms with van der Waals surface area (Å²) in [5.74, 6) is 1.08. The Kier molecular flexibility index (Phi) is 3.29. The standard InChI is InChI=1S/C12H14BrN3/c1-9(10-5-3-2-4-6-10)8-16-12(14)11(13)7-15-16/h2-7,9H,8,14H2,1H3. The van der Waals surface area contributed by atoms with Crippen molar-refractivity contribution in [3.8, 4) is 0 Å². The number of hydrogen-bond acceptors (Lipinski definition) is 2. The molecule has 0 bridgehead atoms. The first-order chi connectivity index (χ1) is 7.68. The fraction of sp³-hybridized carbons (Fsp3) is 0.250. The van der Waals surface area contributed by atoms with Crippen LogP contribution >= 0.6 is 15.9 Å². The van der Waals surface area contributed by atoms with Crippen molar-refractivity contribution in [1.82, 2.24) is 9.78 Å². The van der Waals surface area contributed by atoms with Crippen molar-refractivity contribution < 1.29 is 0 Å². The van der Waals surface area contributed by atoms with E-state index < -0.39 is 0 Å². The maximum absolute atomic E-state index is 5.88. The smallest absolute Gasteiger partial charge is 0.136 e. The molecule has 0 radical (unpaired) electrons. The summed E-state index contributed by atoms with van der Waals surface area (Å²) in [6, 6.07) is 10.4. The van der Waals surface area contributed by atoms with Crippen LogP contribution in [0.1, 0.15) is 18.4 Å². The minimum atomic E-state index is 0.398. The van der Waals surface area contributed by atoms with Crippen molar-refractivity contribution in [2.45, 2.75) is 19.4 Å². The first-order valence-electron chi connectivity index (χ1n) is 5.20. The van der Waals surface area contributed by atoms with E-state index in [0.29, 0.717) is 11.7 Å². The van der Waals surface area contributed by atoms with Gasteiger partial charge in [-0.25, -0.2) is 4.68 Å². The van der Waals surface area contributed by atoms with Gasteiger partial charge in [0.2, 0.25) is 0 Å². The first kappa shape index (κ1) is 11.2. The molecule has 0 aliphatic carbocycles. The van der Waals surface area contributed by atoms with Crippen LogP contribution in [0, 0.1) is 0 Å². The molecule has 16 heavy (non-hydrogen) atoms. The second-order valence-electron chi connectivity index (χ2n) is 3.87. The molecule has 4 heteroatoms. The van der Waals surface area contributed by atoms with Crippen LogP contribution in [0.4, 0.5) is 5.82 Å². The summed E-state index contributed by atoms with van der Waals surface area (Å²) in [5, 5.41) is 4.23. The molecule has 2 aromatic rings. The molecule has 0 saturated heterocycles. The maximum Gasteiger partial charge on any atom is 0.136 e. The predicted molar refractivity (Wildman–Crippen MR) is 69.2 cm³/mol. The molecule has 1 unspecified atom stereocenters. The molecule has 1 heterocycles. The fourth-order valence-corrected chi connectivity index (χ4v) is 1.96. The molecule has 0 saturated carbocycles. The van der Waals surface area contributed by atoms with Gasteiger partial charge in [0.1, 0.15) is 5.82 Å². The third kappa shape index (κ3) is 2.27. The van der Waals surface area contributed by atoms with Crippen molar-refractivity contribution in [3.05, 3.63) is 46.6 Å². The molecule has 2 N–H and O–H groups in total. The highest BCUT2D eigenvalue weighted by Gasteiger charge is 2.10. The van der Waals surface area contributed by atoms with Gasteiger partial charge in [0.05, 0.1) is 10.7 Å². The maximum atomic E-state index is 5.88. The number of anilines is 1. The van der Waals surface area contributed by atoms with Crippen LogP contribution in [0.3, 0.4) is 0 Å². The van der Waals surface area contributed by atoms with Gasteiger partial charge in [0.25, 0.3) is 0 Å². The van der Waals surface area contributed by atoms with Crippen LogP contribution in [0.5, 0.6) is 0 Å². The lowest BCUT2D eigenvalue weighted by atomic mass is 10.0. The summed E-state index contributed by atoms with van der Waals surface area (Å²) in [4.78, 5) is 0. The number of nitrogens with two attached hydrogens (primary N) is 1. The lowest BCUT2D eigenvalue weighted by molar-refractivity contribution is 0.550. The highest BCUT2D eigenvalue weighted by atomic mass is 79.9. The van der Waals surface area contributed by atoms with E-state index in [-0.39, 0.29) is 0 Å². The van der Waals surface area contributed by atoms with E-state index >= 15 is 0 Å². The number of benzene rings is 1. The van der Waals surface area contributed by atoms with E-state index in [9.17, 15) is 0 Å². The van der Waals surface area contributed by atoms with Crippen LogP contribution in [0.25, 0.3) is 0 Å². The zero-order valence-electron chi connectivity index (χ0n) is 9.10.